The molecular formula is C15H25NO2. The third kappa shape index (κ3) is 5.52. The Kier molecular flexibility index (Phi) is 6.76. The molecule has 18 heavy (non-hydrogen) atoms. The topological polar surface area (TPSA) is 44.5 Å². The van der Waals surface area contributed by atoms with Crippen molar-refractivity contribution in [2.24, 2.45) is 5.73 Å². The second-order valence-electron chi connectivity index (χ2n) is 4.84. The van der Waals surface area contributed by atoms with Gasteiger partial charge in [0, 0.05) is 13.0 Å². The summed E-state index contributed by atoms with van der Waals surface area (Å²) in [5.41, 5.74) is 6.80. The third-order valence-electron chi connectivity index (χ3n) is 2.84. The molecule has 1 unspecified atom stereocenters. The molecule has 1 aromatic rings. The van der Waals surface area contributed by atoms with Crippen LogP contribution in [0.25, 0.3) is 0 Å². The van der Waals surface area contributed by atoms with Crippen molar-refractivity contribution in [3.05, 3.63) is 29.8 Å². The fourth-order valence-corrected chi connectivity index (χ4v) is 1.55. The summed E-state index contributed by atoms with van der Waals surface area (Å²) in [7, 11) is 0. The lowest BCUT2D eigenvalue weighted by Gasteiger charge is -2.11. The highest BCUT2D eigenvalue weighted by Gasteiger charge is 2.00. The van der Waals surface area contributed by atoms with Crippen molar-refractivity contribution in [3.8, 4) is 5.75 Å². The molecule has 2 N–H and O–H groups in total. The molecule has 0 radical (unpaired) electrons. The normalized spacial score (nSPS) is 12.7. The van der Waals surface area contributed by atoms with Crippen molar-refractivity contribution >= 4 is 0 Å². The predicted molar refractivity (Wildman–Crippen MR) is 75.1 cm³/mol. The number of hydrogen-bond acceptors (Lipinski definition) is 3. The van der Waals surface area contributed by atoms with E-state index in [2.05, 4.69) is 26.0 Å². The molecule has 102 valence electrons. The van der Waals surface area contributed by atoms with E-state index in [1.807, 2.05) is 19.1 Å². The molecule has 0 amide bonds. The van der Waals surface area contributed by atoms with E-state index in [0.29, 0.717) is 25.7 Å². The molecule has 0 fully saturated rings. The summed E-state index contributed by atoms with van der Waals surface area (Å²) in [4.78, 5) is 0. The largest absolute Gasteiger partial charge is 0.494 e. The lowest BCUT2D eigenvalue weighted by molar-refractivity contribution is 0.0631. The van der Waals surface area contributed by atoms with Gasteiger partial charge in [-0.1, -0.05) is 26.0 Å². The lowest BCUT2D eigenvalue weighted by Crippen LogP contribution is -2.21. The Bertz CT molecular complexity index is 322. The summed E-state index contributed by atoms with van der Waals surface area (Å²) in [6.07, 6.45) is 1.02. The van der Waals surface area contributed by atoms with Crippen molar-refractivity contribution in [2.75, 3.05) is 19.8 Å². The Morgan fingerprint density at radius 2 is 1.72 bits per heavy atom. The molecule has 0 saturated heterocycles. The maximum atomic E-state index is 5.64. The molecule has 0 aliphatic rings. The van der Waals surface area contributed by atoms with Crippen molar-refractivity contribution < 1.29 is 9.47 Å². The van der Waals surface area contributed by atoms with Crippen molar-refractivity contribution in [2.45, 2.75) is 39.2 Å². The van der Waals surface area contributed by atoms with Crippen LogP contribution in [-0.4, -0.2) is 25.9 Å². The van der Waals surface area contributed by atoms with E-state index in [4.69, 9.17) is 15.2 Å². The molecule has 3 nitrogen and oxygen atoms in total. The lowest BCUT2D eigenvalue weighted by atomic mass is 10.0. The Hall–Kier alpha value is -1.06. The third-order valence-corrected chi connectivity index (χ3v) is 2.84. The summed E-state index contributed by atoms with van der Waals surface area (Å²) >= 11 is 0. The van der Waals surface area contributed by atoms with Gasteiger partial charge in [0.1, 0.15) is 5.75 Å². The number of hydrogen-bond donors (Lipinski definition) is 1. The van der Waals surface area contributed by atoms with Crippen LogP contribution in [0.15, 0.2) is 24.3 Å². The maximum absolute atomic E-state index is 5.64. The van der Waals surface area contributed by atoms with E-state index in [-0.39, 0.29) is 6.10 Å². The summed E-state index contributed by atoms with van der Waals surface area (Å²) < 4.78 is 11.1. The number of rotatable bonds is 8. The first-order valence-corrected chi connectivity index (χ1v) is 6.68. The van der Waals surface area contributed by atoms with Gasteiger partial charge in [0.15, 0.2) is 0 Å². The van der Waals surface area contributed by atoms with Gasteiger partial charge in [-0.2, -0.15) is 0 Å². The van der Waals surface area contributed by atoms with Crippen LogP contribution in [0.5, 0.6) is 5.75 Å². The minimum Gasteiger partial charge on any atom is -0.494 e. The minimum absolute atomic E-state index is 0.135. The zero-order valence-electron chi connectivity index (χ0n) is 11.7. The molecule has 1 aromatic carbocycles. The first-order chi connectivity index (χ1) is 8.63. The molecule has 3 heteroatoms. The number of nitrogens with two attached hydrogens (primary N) is 1. The molecule has 0 aliphatic carbocycles. The van der Waals surface area contributed by atoms with Gasteiger partial charge in [0.05, 0.1) is 19.3 Å². The first-order valence-electron chi connectivity index (χ1n) is 6.68. The zero-order chi connectivity index (χ0) is 13.4. The second-order valence-corrected chi connectivity index (χ2v) is 4.84. The van der Waals surface area contributed by atoms with E-state index in [0.717, 1.165) is 12.2 Å². The molecule has 0 aliphatic heterocycles. The molecule has 1 rings (SSSR count). The van der Waals surface area contributed by atoms with Crippen LogP contribution in [0.2, 0.25) is 0 Å². The van der Waals surface area contributed by atoms with Crippen LogP contribution in [0, 0.1) is 0 Å². The summed E-state index contributed by atoms with van der Waals surface area (Å²) in [6.45, 7) is 8.29. The molecule has 0 spiro atoms. The van der Waals surface area contributed by atoms with Crippen LogP contribution >= 0.6 is 0 Å². The molecular weight excluding hydrogens is 226 g/mol. The van der Waals surface area contributed by atoms with Crippen LogP contribution in [-0.2, 0) is 4.74 Å². The zero-order valence-corrected chi connectivity index (χ0v) is 11.7. The highest BCUT2D eigenvalue weighted by atomic mass is 16.5. The maximum Gasteiger partial charge on any atom is 0.119 e. The Morgan fingerprint density at radius 3 is 2.28 bits per heavy atom. The van der Waals surface area contributed by atoms with Crippen LogP contribution in [0.3, 0.4) is 0 Å². The van der Waals surface area contributed by atoms with Crippen molar-refractivity contribution in [1.29, 1.82) is 0 Å². The summed E-state index contributed by atoms with van der Waals surface area (Å²) in [6, 6.07) is 8.29. The van der Waals surface area contributed by atoms with Gasteiger partial charge < -0.3 is 15.2 Å². The molecule has 0 saturated carbocycles. The van der Waals surface area contributed by atoms with Gasteiger partial charge in [-0.15, -0.1) is 0 Å². The van der Waals surface area contributed by atoms with Crippen LogP contribution < -0.4 is 10.5 Å². The second kappa shape index (κ2) is 8.11. The van der Waals surface area contributed by atoms with E-state index in [9.17, 15) is 0 Å². The van der Waals surface area contributed by atoms with Crippen molar-refractivity contribution in [1.82, 2.24) is 0 Å². The Balaban J connectivity index is 2.19. The van der Waals surface area contributed by atoms with Gasteiger partial charge >= 0.3 is 0 Å². The smallest absolute Gasteiger partial charge is 0.119 e. The van der Waals surface area contributed by atoms with Crippen LogP contribution in [0.1, 0.15) is 38.7 Å². The van der Waals surface area contributed by atoms with E-state index >= 15 is 0 Å². The molecule has 0 heterocycles. The minimum atomic E-state index is 0.135. The Morgan fingerprint density at radius 1 is 1.06 bits per heavy atom. The van der Waals surface area contributed by atoms with E-state index in [1.165, 1.54) is 5.56 Å². The monoisotopic (exact) mass is 251 g/mol. The highest BCUT2D eigenvalue weighted by molar-refractivity contribution is 5.28. The molecule has 0 bridgehead atoms. The van der Waals surface area contributed by atoms with E-state index in [1.54, 1.807) is 0 Å². The standard InChI is InChI=1S/C15H25NO2/c1-12(2)14-5-7-15(8-6-14)18-10-4-9-17-13(3)11-16/h5-8,12-13H,4,9-11,16H2,1-3H3. The number of ether oxygens (including phenoxy) is 2. The fourth-order valence-electron chi connectivity index (χ4n) is 1.55. The first kappa shape index (κ1) is 15.0. The quantitative estimate of drug-likeness (QED) is 0.722. The summed E-state index contributed by atoms with van der Waals surface area (Å²) in [5, 5.41) is 0. The fraction of sp³-hybridized carbons (Fsp3) is 0.600. The SMILES string of the molecule is CC(CN)OCCCOc1ccc(C(C)C)cc1. The van der Waals surface area contributed by atoms with Crippen molar-refractivity contribution in [3.63, 3.8) is 0 Å². The van der Waals surface area contributed by atoms with Crippen LogP contribution in [0.4, 0.5) is 0 Å². The average molecular weight is 251 g/mol. The van der Waals surface area contributed by atoms with Gasteiger partial charge in [-0.3, -0.25) is 0 Å². The van der Waals surface area contributed by atoms with Gasteiger partial charge in [0.25, 0.3) is 0 Å². The summed E-state index contributed by atoms with van der Waals surface area (Å²) in [5.74, 6) is 1.48. The number of benzene rings is 1. The highest BCUT2D eigenvalue weighted by Crippen LogP contribution is 2.18. The van der Waals surface area contributed by atoms with Gasteiger partial charge in [-0.05, 0) is 30.5 Å². The molecule has 0 aromatic heterocycles. The van der Waals surface area contributed by atoms with Gasteiger partial charge in [-0.25, -0.2) is 0 Å². The average Bonchev–Trinajstić information content (AvgIpc) is 2.38. The Labute approximate surface area is 110 Å². The predicted octanol–water partition coefficient (Wildman–Crippen LogP) is 2.94. The molecule has 1 atom stereocenters. The van der Waals surface area contributed by atoms with Gasteiger partial charge in [0.2, 0.25) is 0 Å². The van der Waals surface area contributed by atoms with E-state index < -0.39 is 0 Å².